The number of likely N-dealkylation sites (N-methyl/N-ethyl adjacent to an activating group) is 1. The van der Waals surface area contributed by atoms with Crippen LogP contribution in [0.3, 0.4) is 0 Å². The Labute approximate surface area is 91.9 Å². The van der Waals surface area contributed by atoms with Crippen molar-refractivity contribution in [1.82, 2.24) is 9.80 Å². The fraction of sp³-hybridized carbons (Fsp3) is 0.909. The lowest BCUT2D eigenvalue weighted by molar-refractivity contribution is -0.137. The van der Waals surface area contributed by atoms with Gasteiger partial charge in [0.1, 0.15) is 0 Å². The van der Waals surface area contributed by atoms with E-state index in [1.54, 1.807) is 0 Å². The molecule has 88 valence electrons. The van der Waals surface area contributed by atoms with E-state index in [-0.39, 0.29) is 6.42 Å². The number of rotatable bonds is 7. The predicted octanol–water partition coefficient (Wildman–Crippen LogP) is 0.879. The van der Waals surface area contributed by atoms with Crippen LogP contribution >= 0.6 is 0 Å². The molecule has 4 heteroatoms. The van der Waals surface area contributed by atoms with Gasteiger partial charge in [0.15, 0.2) is 0 Å². The highest BCUT2D eigenvalue weighted by Gasteiger charge is 2.12. The molecule has 0 radical (unpaired) electrons. The van der Waals surface area contributed by atoms with Crippen LogP contribution in [-0.2, 0) is 4.79 Å². The second-order valence-electron chi connectivity index (χ2n) is 4.13. The maximum atomic E-state index is 10.4. The van der Waals surface area contributed by atoms with Gasteiger partial charge in [-0.15, -0.1) is 0 Å². The Morgan fingerprint density at radius 3 is 2.53 bits per heavy atom. The van der Waals surface area contributed by atoms with Crippen molar-refractivity contribution in [2.75, 3.05) is 39.3 Å². The van der Waals surface area contributed by atoms with Crippen LogP contribution in [0.15, 0.2) is 0 Å². The summed E-state index contributed by atoms with van der Waals surface area (Å²) in [5.41, 5.74) is 0. The molecule has 1 aliphatic heterocycles. The van der Waals surface area contributed by atoms with Gasteiger partial charge in [-0.1, -0.05) is 6.92 Å². The van der Waals surface area contributed by atoms with Gasteiger partial charge in [0.05, 0.1) is 6.42 Å². The normalized spacial score (nSPS) is 17.5. The molecule has 0 saturated carbocycles. The van der Waals surface area contributed by atoms with E-state index >= 15 is 0 Å². The largest absolute Gasteiger partial charge is 0.481 e. The summed E-state index contributed by atoms with van der Waals surface area (Å²) >= 11 is 0. The van der Waals surface area contributed by atoms with E-state index in [2.05, 4.69) is 16.7 Å². The second kappa shape index (κ2) is 6.80. The van der Waals surface area contributed by atoms with E-state index in [1.165, 1.54) is 25.9 Å². The van der Waals surface area contributed by atoms with Crippen molar-refractivity contribution in [2.45, 2.75) is 26.2 Å². The first-order valence-corrected chi connectivity index (χ1v) is 5.89. The number of hydrogen-bond donors (Lipinski definition) is 1. The fourth-order valence-electron chi connectivity index (χ4n) is 1.97. The standard InChI is InChI=1S/C11H22N2O2/c1-2-12(8-5-11(14)15)9-10-13-6-3-4-7-13/h2-10H2,1H3,(H,14,15). The zero-order valence-electron chi connectivity index (χ0n) is 9.61. The van der Waals surface area contributed by atoms with E-state index in [0.717, 1.165) is 19.6 Å². The van der Waals surface area contributed by atoms with E-state index in [1.807, 2.05) is 0 Å². The molecule has 0 amide bonds. The first-order valence-electron chi connectivity index (χ1n) is 5.89. The van der Waals surface area contributed by atoms with Crippen molar-refractivity contribution in [2.24, 2.45) is 0 Å². The molecule has 0 unspecified atom stereocenters. The smallest absolute Gasteiger partial charge is 0.304 e. The Balaban J connectivity index is 2.12. The molecule has 1 aliphatic rings. The van der Waals surface area contributed by atoms with Crippen molar-refractivity contribution >= 4 is 5.97 Å². The average Bonchev–Trinajstić information content (AvgIpc) is 2.70. The molecule has 0 aromatic heterocycles. The zero-order valence-corrected chi connectivity index (χ0v) is 9.61. The number of carbonyl (C=O) groups is 1. The molecule has 0 aromatic rings. The highest BCUT2D eigenvalue weighted by atomic mass is 16.4. The maximum absolute atomic E-state index is 10.4. The van der Waals surface area contributed by atoms with Crippen LogP contribution in [0.4, 0.5) is 0 Å². The van der Waals surface area contributed by atoms with Gasteiger partial charge in [-0.2, -0.15) is 0 Å². The summed E-state index contributed by atoms with van der Waals surface area (Å²) < 4.78 is 0. The third-order valence-electron chi connectivity index (χ3n) is 3.02. The summed E-state index contributed by atoms with van der Waals surface area (Å²) in [5, 5.41) is 8.60. The molecule has 1 saturated heterocycles. The minimum atomic E-state index is -0.699. The van der Waals surface area contributed by atoms with Gasteiger partial charge >= 0.3 is 5.97 Å². The number of nitrogens with zero attached hydrogens (tertiary/aromatic N) is 2. The fourth-order valence-corrected chi connectivity index (χ4v) is 1.97. The number of aliphatic carboxylic acids is 1. The van der Waals surface area contributed by atoms with Crippen LogP contribution < -0.4 is 0 Å². The van der Waals surface area contributed by atoms with Gasteiger partial charge in [0.25, 0.3) is 0 Å². The summed E-state index contributed by atoms with van der Waals surface area (Å²) in [4.78, 5) is 15.1. The van der Waals surface area contributed by atoms with E-state index < -0.39 is 5.97 Å². The van der Waals surface area contributed by atoms with Crippen molar-refractivity contribution in [3.63, 3.8) is 0 Å². The minimum Gasteiger partial charge on any atom is -0.481 e. The monoisotopic (exact) mass is 214 g/mol. The lowest BCUT2D eigenvalue weighted by atomic mass is 10.3. The van der Waals surface area contributed by atoms with Gasteiger partial charge < -0.3 is 14.9 Å². The van der Waals surface area contributed by atoms with Crippen LogP contribution in [0, 0.1) is 0 Å². The summed E-state index contributed by atoms with van der Waals surface area (Å²) in [6.07, 6.45) is 2.90. The van der Waals surface area contributed by atoms with Gasteiger partial charge in [-0.25, -0.2) is 0 Å². The van der Waals surface area contributed by atoms with Gasteiger partial charge in [-0.3, -0.25) is 4.79 Å². The second-order valence-corrected chi connectivity index (χ2v) is 4.13. The number of likely N-dealkylation sites (tertiary alicyclic amines) is 1. The molecule has 0 bridgehead atoms. The molecule has 4 nitrogen and oxygen atoms in total. The van der Waals surface area contributed by atoms with Crippen LogP contribution in [0.2, 0.25) is 0 Å². The first-order chi connectivity index (χ1) is 7.22. The Morgan fingerprint density at radius 1 is 1.33 bits per heavy atom. The predicted molar refractivity (Wildman–Crippen MR) is 60.0 cm³/mol. The topological polar surface area (TPSA) is 43.8 Å². The zero-order chi connectivity index (χ0) is 11.1. The van der Waals surface area contributed by atoms with Gasteiger partial charge in [0, 0.05) is 19.6 Å². The summed E-state index contributed by atoms with van der Waals surface area (Å²) in [5.74, 6) is -0.699. The number of hydrogen-bond acceptors (Lipinski definition) is 3. The van der Waals surface area contributed by atoms with Crippen molar-refractivity contribution in [3.8, 4) is 0 Å². The molecule has 0 atom stereocenters. The molecule has 1 rings (SSSR count). The van der Waals surface area contributed by atoms with E-state index in [9.17, 15) is 4.79 Å². The van der Waals surface area contributed by atoms with Gasteiger partial charge in [-0.05, 0) is 32.5 Å². The van der Waals surface area contributed by atoms with Crippen LogP contribution in [0.25, 0.3) is 0 Å². The molecule has 0 aromatic carbocycles. The molecule has 0 spiro atoms. The van der Waals surface area contributed by atoms with E-state index in [0.29, 0.717) is 6.54 Å². The Bertz CT molecular complexity index is 191. The maximum Gasteiger partial charge on any atom is 0.304 e. The Kier molecular flexibility index (Phi) is 5.65. The molecule has 0 aliphatic carbocycles. The molecule has 1 heterocycles. The molecule has 1 fully saturated rings. The van der Waals surface area contributed by atoms with Gasteiger partial charge in [0.2, 0.25) is 0 Å². The number of carboxylic acid groups (broad SMARTS) is 1. The highest BCUT2D eigenvalue weighted by Crippen LogP contribution is 2.06. The van der Waals surface area contributed by atoms with Crippen molar-refractivity contribution in [1.29, 1.82) is 0 Å². The summed E-state index contributed by atoms with van der Waals surface area (Å²) in [6.45, 7) is 8.25. The van der Waals surface area contributed by atoms with E-state index in [4.69, 9.17) is 5.11 Å². The molecular weight excluding hydrogens is 192 g/mol. The Hall–Kier alpha value is -0.610. The Morgan fingerprint density at radius 2 is 2.00 bits per heavy atom. The third kappa shape index (κ3) is 5.14. The van der Waals surface area contributed by atoms with Crippen LogP contribution in [0.1, 0.15) is 26.2 Å². The minimum absolute atomic E-state index is 0.258. The third-order valence-corrected chi connectivity index (χ3v) is 3.02. The van der Waals surface area contributed by atoms with Crippen LogP contribution in [0.5, 0.6) is 0 Å². The SMILES string of the molecule is CCN(CCC(=O)O)CCN1CCCC1. The van der Waals surface area contributed by atoms with Crippen molar-refractivity contribution in [3.05, 3.63) is 0 Å². The summed E-state index contributed by atoms with van der Waals surface area (Å²) in [7, 11) is 0. The lowest BCUT2D eigenvalue weighted by Gasteiger charge is -2.23. The van der Waals surface area contributed by atoms with Crippen molar-refractivity contribution < 1.29 is 9.90 Å². The lowest BCUT2D eigenvalue weighted by Crippen LogP contribution is -2.34. The highest BCUT2D eigenvalue weighted by molar-refractivity contribution is 5.66. The first kappa shape index (κ1) is 12.5. The molecule has 15 heavy (non-hydrogen) atoms. The quantitative estimate of drug-likeness (QED) is 0.683. The molecule has 1 N–H and O–H groups in total. The van der Waals surface area contributed by atoms with Crippen LogP contribution in [-0.4, -0.2) is 60.1 Å². The number of carboxylic acids is 1. The molecular formula is C11H22N2O2. The summed E-state index contributed by atoms with van der Waals surface area (Å²) in [6, 6.07) is 0. The average molecular weight is 214 g/mol.